The Bertz CT molecular complexity index is 507. The third-order valence-electron chi connectivity index (χ3n) is 3.77. The molecule has 0 spiro atoms. The molecule has 94 valence electrons. The van der Waals surface area contributed by atoms with Gasteiger partial charge in [-0.05, 0) is 37.1 Å². The first-order chi connectivity index (χ1) is 8.88. The maximum atomic E-state index is 4.32. The normalized spacial score (nSPS) is 19.3. The molecular formula is C15H19N3. The second-order valence-electron chi connectivity index (χ2n) is 4.90. The highest BCUT2D eigenvalue weighted by Crippen LogP contribution is 2.24. The van der Waals surface area contributed by atoms with E-state index < -0.39 is 0 Å². The van der Waals surface area contributed by atoms with Crippen LogP contribution in [0, 0.1) is 0 Å². The minimum Gasteiger partial charge on any atom is -0.316 e. The van der Waals surface area contributed by atoms with Crippen LogP contribution >= 0.6 is 0 Å². The van der Waals surface area contributed by atoms with E-state index in [1.807, 2.05) is 12.5 Å². The maximum absolute atomic E-state index is 4.32. The van der Waals surface area contributed by atoms with Crippen LogP contribution in [0.25, 0.3) is 5.69 Å². The van der Waals surface area contributed by atoms with Crippen molar-refractivity contribution in [1.82, 2.24) is 14.9 Å². The SMILES string of the molecule is CCc1ccc(-n2cncc2C2CCNC2)cc1. The standard InChI is InChI=1S/C15H19N3/c1-2-12-3-5-14(6-4-12)18-11-17-10-15(18)13-7-8-16-9-13/h3-6,10-11,13,16H,2,7-9H2,1H3. The molecule has 1 aliphatic rings. The predicted molar refractivity (Wildman–Crippen MR) is 73.2 cm³/mol. The minimum absolute atomic E-state index is 0.596. The number of hydrogen-bond donors (Lipinski definition) is 1. The Morgan fingerprint density at radius 3 is 2.83 bits per heavy atom. The molecule has 0 saturated carbocycles. The Kier molecular flexibility index (Phi) is 3.15. The first-order valence-corrected chi connectivity index (χ1v) is 6.70. The second kappa shape index (κ2) is 4.94. The highest BCUT2D eigenvalue weighted by Gasteiger charge is 2.20. The van der Waals surface area contributed by atoms with Crippen molar-refractivity contribution < 1.29 is 0 Å². The monoisotopic (exact) mass is 241 g/mol. The Balaban J connectivity index is 1.93. The average molecular weight is 241 g/mol. The minimum atomic E-state index is 0.596. The van der Waals surface area contributed by atoms with Crippen LogP contribution in [0.3, 0.4) is 0 Å². The Hall–Kier alpha value is -1.61. The molecule has 1 atom stereocenters. The number of hydrogen-bond acceptors (Lipinski definition) is 2. The molecule has 0 aliphatic carbocycles. The van der Waals surface area contributed by atoms with Gasteiger partial charge < -0.3 is 9.88 Å². The van der Waals surface area contributed by atoms with Crippen molar-refractivity contribution in [2.24, 2.45) is 0 Å². The number of aromatic nitrogens is 2. The van der Waals surface area contributed by atoms with Crippen LogP contribution < -0.4 is 5.32 Å². The number of imidazole rings is 1. The summed E-state index contributed by atoms with van der Waals surface area (Å²) in [5, 5.41) is 3.42. The van der Waals surface area contributed by atoms with Crippen LogP contribution in [0.1, 0.15) is 30.5 Å². The third-order valence-corrected chi connectivity index (χ3v) is 3.77. The Labute approximate surface area is 108 Å². The lowest BCUT2D eigenvalue weighted by Crippen LogP contribution is -2.10. The van der Waals surface area contributed by atoms with Gasteiger partial charge in [-0.25, -0.2) is 4.98 Å². The van der Waals surface area contributed by atoms with E-state index in [1.54, 1.807) is 0 Å². The Morgan fingerprint density at radius 2 is 2.17 bits per heavy atom. The van der Waals surface area contributed by atoms with Gasteiger partial charge in [-0.1, -0.05) is 19.1 Å². The summed E-state index contributed by atoms with van der Waals surface area (Å²) in [5.41, 5.74) is 3.92. The van der Waals surface area contributed by atoms with E-state index in [4.69, 9.17) is 0 Å². The van der Waals surface area contributed by atoms with Crippen molar-refractivity contribution >= 4 is 0 Å². The zero-order valence-electron chi connectivity index (χ0n) is 10.8. The average Bonchev–Trinajstić information content (AvgIpc) is 3.09. The molecule has 1 fully saturated rings. The first-order valence-electron chi connectivity index (χ1n) is 6.70. The molecule has 18 heavy (non-hydrogen) atoms. The predicted octanol–water partition coefficient (Wildman–Crippen LogP) is 2.51. The summed E-state index contributed by atoms with van der Waals surface area (Å²) >= 11 is 0. The van der Waals surface area contributed by atoms with Crippen molar-refractivity contribution in [3.05, 3.63) is 48.0 Å². The summed E-state index contributed by atoms with van der Waals surface area (Å²) in [5.74, 6) is 0.596. The van der Waals surface area contributed by atoms with Gasteiger partial charge in [0.25, 0.3) is 0 Å². The van der Waals surface area contributed by atoms with Gasteiger partial charge in [0.05, 0.1) is 6.33 Å². The van der Waals surface area contributed by atoms with E-state index in [-0.39, 0.29) is 0 Å². The van der Waals surface area contributed by atoms with Gasteiger partial charge in [0, 0.05) is 30.0 Å². The van der Waals surface area contributed by atoms with Gasteiger partial charge in [0.15, 0.2) is 0 Å². The largest absolute Gasteiger partial charge is 0.316 e. The summed E-state index contributed by atoms with van der Waals surface area (Å²) in [6.45, 7) is 4.37. The Morgan fingerprint density at radius 1 is 1.33 bits per heavy atom. The van der Waals surface area contributed by atoms with Gasteiger partial charge in [0.2, 0.25) is 0 Å². The molecule has 1 N–H and O–H groups in total. The fraction of sp³-hybridized carbons (Fsp3) is 0.400. The highest BCUT2D eigenvalue weighted by molar-refractivity contribution is 5.37. The molecule has 1 saturated heterocycles. The number of nitrogens with one attached hydrogen (secondary N) is 1. The molecule has 0 radical (unpaired) electrons. The zero-order chi connectivity index (χ0) is 12.4. The van der Waals surface area contributed by atoms with Crippen molar-refractivity contribution in [2.75, 3.05) is 13.1 Å². The molecular weight excluding hydrogens is 222 g/mol. The smallest absolute Gasteiger partial charge is 0.0994 e. The molecule has 3 heteroatoms. The van der Waals surface area contributed by atoms with Gasteiger partial charge in [-0.2, -0.15) is 0 Å². The van der Waals surface area contributed by atoms with E-state index in [1.165, 1.54) is 23.4 Å². The van der Waals surface area contributed by atoms with Gasteiger partial charge in [0.1, 0.15) is 0 Å². The number of rotatable bonds is 3. The molecule has 0 amide bonds. The number of aryl methyl sites for hydroxylation is 1. The molecule has 3 nitrogen and oxygen atoms in total. The molecule has 1 aliphatic heterocycles. The van der Waals surface area contributed by atoms with Crippen LogP contribution in [-0.4, -0.2) is 22.6 Å². The third kappa shape index (κ3) is 2.06. The number of benzene rings is 1. The summed E-state index contributed by atoms with van der Waals surface area (Å²) in [7, 11) is 0. The lowest BCUT2D eigenvalue weighted by atomic mass is 10.1. The van der Waals surface area contributed by atoms with E-state index in [9.17, 15) is 0 Å². The van der Waals surface area contributed by atoms with E-state index >= 15 is 0 Å². The molecule has 1 unspecified atom stereocenters. The van der Waals surface area contributed by atoms with Gasteiger partial charge >= 0.3 is 0 Å². The molecule has 3 rings (SSSR count). The highest BCUT2D eigenvalue weighted by atomic mass is 15.1. The van der Waals surface area contributed by atoms with Gasteiger partial charge in [-0.15, -0.1) is 0 Å². The summed E-state index contributed by atoms with van der Waals surface area (Å²) in [6, 6.07) is 8.77. The van der Waals surface area contributed by atoms with E-state index in [2.05, 4.69) is 46.1 Å². The lowest BCUT2D eigenvalue weighted by Gasteiger charge is -2.13. The van der Waals surface area contributed by atoms with Gasteiger partial charge in [-0.3, -0.25) is 0 Å². The lowest BCUT2D eigenvalue weighted by molar-refractivity contribution is 0.713. The molecule has 1 aromatic heterocycles. The van der Waals surface area contributed by atoms with Crippen LogP contribution in [0.15, 0.2) is 36.8 Å². The maximum Gasteiger partial charge on any atom is 0.0994 e. The number of nitrogens with zero attached hydrogens (tertiary/aromatic N) is 2. The first kappa shape index (κ1) is 11.5. The van der Waals surface area contributed by atoms with Crippen molar-refractivity contribution in [3.8, 4) is 5.69 Å². The fourth-order valence-corrected chi connectivity index (χ4v) is 2.62. The molecule has 0 bridgehead atoms. The van der Waals surface area contributed by atoms with E-state index in [0.29, 0.717) is 5.92 Å². The summed E-state index contributed by atoms with van der Waals surface area (Å²) in [6.07, 6.45) is 6.22. The fourth-order valence-electron chi connectivity index (χ4n) is 2.62. The van der Waals surface area contributed by atoms with Crippen molar-refractivity contribution in [1.29, 1.82) is 0 Å². The van der Waals surface area contributed by atoms with Crippen LogP contribution in [-0.2, 0) is 6.42 Å². The molecule has 2 heterocycles. The quantitative estimate of drug-likeness (QED) is 0.895. The van der Waals surface area contributed by atoms with Crippen LogP contribution in [0.2, 0.25) is 0 Å². The summed E-state index contributed by atoms with van der Waals surface area (Å²) in [4.78, 5) is 4.32. The van der Waals surface area contributed by atoms with Crippen LogP contribution in [0.4, 0.5) is 0 Å². The second-order valence-corrected chi connectivity index (χ2v) is 4.90. The van der Waals surface area contributed by atoms with Crippen molar-refractivity contribution in [3.63, 3.8) is 0 Å². The van der Waals surface area contributed by atoms with Crippen LogP contribution in [0.5, 0.6) is 0 Å². The molecule has 1 aromatic carbocycles. The van der Waals surface area contributed by atoms with Crippen molar-refractivity contribution in [2.45, 2.75) is 25.7 Å². The zero-order valence-corrected chi connectivity index (χ0v) is 10.8. The topological polar surface area (TPSA) is 29.9 Å². The molecule has 2 aromatic rings. The van der Waals surface area contributed by atoms with E-state index in [0.717, 1.165) is 19.5 Å². The summed E-state index contributed by atoms with van der Waals surface area (Å²) < 4.78 is 2.22.